The van der Waals surface area contributed by atoms with Crippen LogP contribution in [-0.2, 0) is 11.3 Å². The van der Waals surface area contributed by atoms with E-state index in [4.69, 9.17) is 4.74 Å². The molecule has 0 N–H and O–H groups in total. The van der Waals surface area contributed by atoms with Gasteiger partial charge in [-0.05, 0) is 24.1 Å². The number of benzene rings is 2. The van der Waals surface area contributed by atoms with Crippen molar-refractivity contribution in [2.75, 3.05) is 11.4 Å². The first-order valence-corrected chi connectivity index (χ1v) is 7.36. The number of Topliss-reactive ketones (excluding diaryl/α,β-unsaturated/α-hetero) is 1. The molecule has 4 heteroatoms. The minimum atomic E-state index is -0.411. The van der Waals surface area contributed by atoms with E-state index in [0.29, 0.717) is 30.6 Å². The van der Waals surface area contributed by atoms with Gasteiger partial charge in [0.2, 0.25) is 0 Å². The van der Waals surface area contributed by atoms with Crippen molar-refractivity contribution in [3.63, 3.8) is 0 Å². The lowest BCUT2D eigenvalue weighted by molar-refractivity contribution is 0.0983. The van der Waals surface area contributed by atoms with Crippen LogP contribution >= 0.6 is 0 Å². The van der Waals surface area contributed by atoms with Gasteiger partial charge < -0.3 is 4.74 Å². The van der Waals surface area contributed by atoms with Gasteiger partial charge in [0.15, 0.2) is 5.78 Å². The largest absolute Gasteiger partial charge is 0.444 e. The van der Waals surface area contributed by atoms with Crippen molar-refractivity contribution in [2.45, 2.75) is 19.4 Å². The fourth-order valence-electron chi connectivity index (χ4n) is 2.58. The van der Waals surface area contributed by atoms with Crippen LogP contribution in [0.15, 0.2) is 54.6 Å². The first kappa shape index (κ1) is 14.3. The number of ketones is 1. The van der Waals surface area contributed by atoms with Crippen LogP contribution in [0.25, 0.3) is 0 Å². The van der Waals surface area contributed by atoms with E-state index in [0.717, 1.165) is 5.56 Å². The summed E-state index contributed by atoms with van der Waals surface area (Å²) in [6.45, 7) is 0.725. The molecule has 3 rings (SSSR count). The third-order valence-electron chi connectivity index (χ3n) is 3.71. The highest BCUT2D eigenvalue weighted by Gasteiger charge is 2.25. The average Bonchev–Trinajstić information content (AvgIpc) is 2.73. The third kappa shape index (κ3) is 3.01. The highest BCUT2D eigenvalue weighted by molar-refractivity contribution is 6.05. The van der Waals surface area contributed by atoms with Crippen LogP contribution in [0.1, 0.15) is 28.8 Å². The summed E-state index contributed by atoms with van der Waals surface area (Å²) in [6, 6.07) is 16.8. The Balaban J connectivity index is 1.77. The van der Waals surface area contributed by atoms with Crippen LogP contribution in [0.3, 0.4) is 0 Å². The molecule has 0 unspecified atom stereocenters. The summed E-state index contributed by atoms with van der Waals surface area (Å²) >= 11 is 0. The van der Waals surface area contributed by atoms with Crippen molar-refractivity contribution >= 4 is 17.6 Å². The molecular weight excluding hydrogens is 278 g/mol. The SMILES string of the molecule is O=C1CCCN(C(=O)OCc2ccccc2)c2ccccc21. The maximum absolute atomic E-state index is 12.4. The second-order valence-corrected chi connectivity index (χ2v) is 5.24. The molecule has 0 spiro atoms. The molecule has 112 valence electrons. The number of carbonyl (C=O) groups excluding carboxylic acids is 2. The van der Waals surface area contributed by atoms with Crippen LogP contribution in [0.5, 0.6) is 0 Å². The molecule has 4 nitrogen and oxygen atoms in total. The van der Waals surface area contributed by atoms with Crippen LogP contribution in [0.4, 0.5) is 10.5 Å². The normalized spacial score (nSPS) is 14.2. The molecule has 1 aliphatic heterocycles. The van der Waals surface area contributed by atoms with Gasteiger partial charge in [-0.25, -0.2) is 4.79 Å². The van der Waals surface area contributed by atoms with E-state index in [1.807, 2.05) is 42.5 Å². The van der Waals surface area contributed by atoms with E-state index >= 15 is 0 Å². The van der Waals surface area contributed by atoms with Crippen molar-refractivity contribution in [2.24, 2.45) is 0 Å². The van der Waals surface area contributed by atoms with Crippen LogP contribution in [-0.4, -0.2) is 18.4 Å². The Kier molecular flexibility index (Phi) is 4.19. The first-order chi connectivity index (χ1) is 10.8. The first-order valence-electron chi connectivity index (χ1n) is 7.36. The number of carbonyl (C=O) groups is 2. The van der Waals surface area contributed by atoms with Gasteiger partial charge >= 0.3 is 6.09 Å². The second-order valence-electron chi connectivity index (χ2n) is 5.24. The summed E-state index contributed by atoms with van der Waals surface area (Å²) in [5.74, 6) is 0.0777. The van der Waals surface area contributed by atoms with Gasteiger partial charge in [0.1, 0.15) is 6.61 Å². The summed E-state index contributed by atoms with van der Waals surface area (Å²) in [4.78, 5) is 26.0. The average molecular weight is 295 g/mol. The highest BCUT2D eigenvalue weighted by atomic mass is 16.6. The predicted octanol–water partition coefficient (Wildman–Crippen LogP) is 3.81. The lowest BCUT2D eigenvalue weighted by Gasteiger charge is -2.21. The molecule has 0 aromatic heterocycles. The number of rotatable bonds is 2. The van der Waals surface area contributed by atoms with Gasteiger partial charge in [-0.2, -0.15) is 0 Å². The summed E-state index contributed by atoms with van der Waals surface area (Å²) in [6.07, 6.45) is 0.693. The smallest absolute Gasteiger partial charge is 0.414 e. The maximum atomic E-state index is 12.4. The van der Waals surface area contributed by atoms with Crippen molar-refractivity contribution < 1.29 is 14.3 Å². The maximum Gasteiger partial charge on any atom is 0.414 e. The number of hydrogen-bond acceptors (Lipinski definition) is 3. The van der Waals surface area contributed by atoms with Gasteiger partial charge in [-0.1, -0.05) is 42.5 Å². The topological polar surface area (TPSA) is 46.6 Å². The van der Waals surface area contributed by atoms with E-state index in [-0.39, 0.29) is 12.4 Å². The van der Waals surface area contributed by atoms with Gasteiger partial charge in [-0.15, -0.1) is 0 Å². The number of fused-ring (bicyclic) bond motifs is 1. The van der Waals surface area contributed by atoms with Crippen LogP contribution < -0.4 is 4.90 Å². The predicted molar refractivity (Wildman–Crippen MR) is 84.0 cm³/mol. The Morgan fingerprint density at radius 1 is 1.05 bits per heavy atom. The monoisotopic (exact) mass is 295 g/mol. The van der Waals surface area contributed by atoms with Crippen LogP contribution in [0, 0.1) is 0 Å². The molecule has 0 bridgehead atoms. The van der Waals surface area contributed by atoms with E-state index in [1.54, 1.807) is 17.0 Å². The molecule has 1 aliphatic rings. The molecule has 2 aromatic rings. The fourth-order valence-corrected chi connectivity index (χ4v) is 2.58. The molecule has 0 aliphatic carbocycles. The van der Waals surface area contributed by atoms with Crippen molar-refractivity contribution in [3.05, 3.63) is 65.7 Å². The molecule has 0 atom stereocenters. The zero-order chi connectivity index (χ0) is 15.4. The Morgan fingerprint density at radius 2 is 1.77 bits per heavy atom. The van der Waals surface area contributed by atoms with Gasteiger partial charge in [0.05, 0.1) is 5.69 Å². The van der Waals surface area contributed by atoms with Crippen molar-refractivity contribution in [1.29, 1.82) is 0 Å². The summed E-state index contributed by atoms with van der Waals surface area (Å²) < 4.78 is 5.39. The van der Waals surface area contributed by atoms with Gasteiger partial charge in [0.25, 0.3) is 0 Å². The van der Waals surface area contributed by atoms with E-state index in [2.05, 4.69) is 0 Å². The lowest BCUT2D eigenvalue weighted by atomic mass is 10.1. The lowest BCUT2D eigenvalue weighted by Crippen LogP contribution is -2.32. The molecule has 0 saturated carbocycles. The van der Waals surface area contributed by atoms with Crippen LogP contribution in [0.2, 0.25) is 0 Å². The number of amides is 1. The third-order valence-corrected chi connectivity index (χ3v) is 3.71. The molecule has 2 aromatic carbocycles. The Hall–Kier alpha value is -2.62. The Morgan fingerprint density at radius 3 is 2.59 bits per heavy atom. The van der Waals surface area contributed by atoms with Crippen molar-refractivity contribution in [3.8, 4) is 0 Å². The zero-order valence-corrected chi connectivity index (χ0v) is 12.2. The van der Waals surface area contributed by atoms with Crippen molar-refractivity contribution in [1.82, 2.24) is 0 Å². The molecule has 0 fully saturated rings. The number of anilines is 1. The Labute approximate surface area is 129 Å². The molecule has 22 heavy (non-hydrogen) atoms. The number of para-hydroxylation sites is 1. The van der Waals surface area contributed by atoms with Gasteiger partial charge in [0, 0.05) is 18.5 Å². The molecule has 1 amide bonds. The minimum Gasteiger partial charge on any atom is -0.444 e. The zero-order valence-electron chi connectivity index (χ0n) is 12.2. The molecule has 0 saturated heterocycles. The molecule has 1 heterocycles. The standard InChI is InChI=1S/C18H17NO3/c20-17-11-6-12-19(16-10-5-4-9-15(16)17)18(21)22-13-14-7-2-1-3-8-14/h1-5,7-10H,6,11-13H2. The van der Waals surface area contributed by atoms with E-state index in [1.165, 1.54) is 0 Å². The van der Waals surface area contributed by atoms with E-state index < -0.39 is 6.09 Å². The minimum absolute atomic E-state index is 0.0777. The fraction of sp³-hybridized carbons (Fsp3) is 0.222. The van der Waals surface area contributed by atoms with E-state index in [9.17, 15) is 9.59 Å². The molecular formula is C18H17NO3. The van der Waals surface area contributed by atoms with Gasteiger partial charge in [-0.3, -0.25) is 9.69 Å². The number of nitrogens with zero attached hydrogens (tertiary/aromatic N) is 1. The summed E-state index contributed by atoms with van der Waals surface area (Å²) in [5.41, 5.74) is 2.18. The second kappa shape index (κ2) is 6.43. The quantitative estimate of drug-likeness (QED) is 0.846. The number of hydrogen-bond donors (Lipinski definition) is 0. The summed E-state index contributed by atoms with van der Waals surface area (Å²) in [7, 11) is 0. The summed E-state index contributed by atoms with van der Waals surface area (Å²) in [5, 5.41) is 0. The Bertz CT molecular complexity index is 682. The number of ether oxygens (including phenoxy) is 1. The highest BCUT2D eigenvalue weighted by Crippen LogP contribution is 2.26. The molecule has 0 radical (unpaired) electrons.